The molecule has 0 aliphatic heterocycles. The van der Waals surface area contributed by atoms with Crippen LogP contribution in [-0.2, 0) is 17.6 Å². The summed E-state index contributed by atoms with van der Waals surface area (Å²) in [6.07, 6.45) is 5.95. The van der Waals surface area contributed by atoms with E-state index in [1.54, 1.807) is 19.1 Å². The Morgan fingerprint density at radius 1 is 1.16 bits per heavy atom. The smallest absolute Gasteiger partial charge is 0.307 e. The minimum atomic E-state index is -0.443. The van der Waals surface area contributed by atoms with Gasteiger partial charge < -0.3 is 9.73 Å². The van der Waals surface area contributed by atoms with E-state index in [9.17, 15) is 9.59 Å². The Bertz CT molecular complexity index is 794. The molecule has 2 aromatic rings. The van der Waals surface area contributed by atoms with Gasteiger partial charge in [-0.1, -0.05) is 12.1 Å². The Kier molecular flexibility index (Phi) is 5.28. The van der Waals surface area contributed by atoms with Crippen LogP contribution in [0.2, 0.25) is 0 Å². The molecule has 0 saturated carbocycles. The first-order valence-electron chi connectivity index (χ1n) is 8.41. The van der Waals surface area contributed by atoms with Gasteiger partial charge in [0.1, 0.15) is 0 Å². The van der Waals surface area contributed by atoms with Crippen molar-refractivity contribution in [3.8, 4) is 0 Å². The predicted molar refractivity (Wildman–Crippen MR) is 95.6 cm³/mol. The van der Waals surface area contributed by atoms with Crippen LogP contribution in [0.4, 0.5) is 5.69 Å². The zero-order valence-electron chi connectivity index (χ0n) is 14.2. The summed E-state index contributed by atoms with van der Waals surface area (Å²) in [5.74, 6) is -0.411. The van der Waals surface area contributed by atoms with Gasteiger partial charge in [0, 0.05) is 11.4 Å². The second kappa shape index (κ2) is 7.79. The average molecular weight is 339 g/mol. The van der Waals surface area contributed by atoms with Gasteiger partial charge >= 0.3 is 5.91 Å². The number of fused-ring (bicyclic) bond motifs is 1. The summed E-state index contributed by atoms with van der Waals surface area (Å²) < 4.78 is 4.98. The van der Waals surface area contributed by atoms with Crippen LogP contribution in [0.15, 0.2) is 46.1 Å². The first-order chi connectivity index (χ1) is 12.1. The number of rotatable bonds is 5. The number of nitrogens with one attached hydrogen (secondary N) is 2. The number of hydrogen-bond donors (Lipinski definition) is 2. The Morgan fingerprint density at radius 3 is 2.80 bits per heavy atom. The lowest BCUT2D eigenvalue weighted by Crippen LogP contribution is -2.21. The molecule has 1 aliphatic carbocycles. The number of carbonyl (C=O) groups is 2. The second-order valence-corrected chi connectivity index (χ2v) is 6.14. The zero-order chi connectivity index (χ0) is 17.6. The topological polar surface area (TPSA) is 83.7 Å². The summed E-state index contributed by atoms with van der Waals surface area (Å²) in [6, 6.07) is 9.21. The highest BCUT2D eigenvalue weighted by molar-refractivity contribution is 6.06. The lowest BCUT2D eigenvalue weighted by Gasteiger charge is -2.19. The number of carbonyl (C=O) groups excluding carboxylic acids is 2. The summed E-state index contributed by atoms with van der Waals surface area (Å²) in [5, 5.41) is 6.91. The molecule has 2 amide bonds. The largest absolute Gasteiger partial charge is 0.459 e. The molecule has 1 aromatic heterocycles. The molecule has 0 unspecified atom stereocenters. The van der Waals surface area contributed by atoms with E-state index in [1.807, 2.05) is 12.1 Å². The van der Waals surface area contributed by atoms with Gasteiger partial charge in [-0.25, -0.2) is 5.43 Å². The maximum absolute atomic E-state index is 12.3. The van der Waals surface area contributed by atoms with Crippen molar-refractivity contribution in [3.05, 3.63) is 53.5 Å². The number of nitrogens with zero attached hydrogens (tertiary/aromatic N) is 1. The quantitative estimate of drug-likeness (QED) is 0.647. The Morgan fingerprint density at radius 2 is 2.00 bits per heavy atom. The van der Waals surface area contributed by atoms with E-state index < -0.39 is 5.91 Å². The van der Waals surface area contributed by atoms with Crippen molar-refractivity contribution in [1.82, 2.24) is 5.43 Å². The van der Waals surface area contributed by atoms with Gasteiger partial charge in [-0.15, -0.1) is 0 Å². The van der Waals surface area contributed by atoms with Crippen LogP contribution in [0, 0.1) is 0 Å². The van der Waals surface area contributed by atoms with Crippen LogP contribution in [0.5, 0.6) is 0 Å². The van der Waals surface area contributed by atoms with Crippen LogP contribution in [0.1, 0.15) is 47.9 Å². The van der Waals surface area contributed by atoms with Crippen molar-refractivity contribution in [2.45, 2.75) is 39.0 Å². The zero-order valence-corrected chi connectivity index (χ0v) is 14.2. The minimum absolute atomic E-state index is 0.113. The van der Waals surface area contributed by atoms with E-state index in [4.69, 9.17) is 4.42 Å². The molecule has 1 aromatic carbocycles. The van der Waals surface area contributed by atoms with Gasteiger partial charge in [0.15, 0.2) is 5.76 Å². The van der Waals surface area contributed by atoms with Gasteiger partial charge in [0.25, 0.3) is 0 Å². The Hall–Kier alpha value is -2.89. The molecule has 0 spiro atoms. The number of aryl methyl sites for hydroxylation is 1. The van der Waals surface area contributed by atoms with Gasteiger partial charge in [0.05, 0.1) is 12.7 Å². The van der Waals surface area contributed by atoms with E-state index in [2.05, 4.69) is 21.9 Å². The van der Waals surface area contributed by atoms with Crippen LogP contribution in [-0.4, -0.2) is 17.5 Å². The number of hydrazone groups is 1. The third kappa shape index (κ3) is 4.35. The van der Waals surface area contributed by atoms with Crippen molar-refractivity contribution < 1.29 is 14.0 Å². The van der Waals surface area contributed by atoms with Crippen molar-refractivity contribution >= 4 is 23.2 Å². The Labute approximate surface area is 146 Å². The maximum Gasteiger partial charge on any atom is 0.307 e. The molecule has 0 bridgehead atoms. The number of benzene rings is 1. The lowest BCUT2D eigenvalue weighted by molar-refractivity contribution is -0.115. The summed E-state index contributed by atoms with van der Waals surface area (Å²) in [5.41, 5.74) is 6.34. The van der Waals surface area contributed by atoms with E-state index in [1.165, 1.54) is 23.8 Å². The number of anilines is 1. The normalized spacial score (nSPS) is 13.9. The highest BCUT2D eigenvalue weighted by Gasteiger charge is 2.15. The van der Waals surface area contributed by atoms with Gasteiger partial charge in [-0.05, 0) is 61.9 Å². The highest BCUT2D eigenvalue weighted by Crippen LogP contribution is 2.27. The van der Waals surface area contributed by atoms with E-state index >= 15 is 0 Å². The number of amides is 2. The standard InChI is InChI=1S/C19H21N3O3/c1-13(21-22-19(24)17-10-5-11-25-17)12-18(23)20-16-9-4-7-14-6-2-3-8-15(14)16/h4-5,7,9-11H,2-3,6,8,12H2,1H3,(H,20,23)(H,22,24)/b21-13-. The number of furan rings is 1. The number of hydrogen-bond acceptors (Lipinski definition) is 4. The van der Waals surface area contributed by atoms with Gasteiger partial charge in [-0.2, -0.15) is 5.10 Å². The molecule has 0 atom stereocenters. The van der Waals surface area contributed by atoms with Crippen LogP contribution >= 0.6 is 0 Å². The van der Waals surface area contributed by atoms with E-state index in [0.717, 1.165) is 24.9 Å². The SMILES string of the molecule is C/C(CC(=O)Nc1cccc2c1CCCC2)=N/NC(=O)c1ccco1. The molecular weight excluding hydrogens is 318 g/mol. The predicted octanol–water partition coefficient (Wildman–Crippen LogP) is 3.29. The summed E-state index contributed by atoms with van der Waals surface area (Å²) in [6.45, 7) is 1.70. The molecule has 6 heteroatoms. The van der Waals surface area contributed by atoms with Gasteiger partial charge in [0.2, 0.25) is 5.91 Å². The van der Waals surface area contributed by atoms with Crippen LogP contribution in [0.3, 0.4) is 0 Å². The van der Waals surface area contributed by atoms with Gasteiger partial charge in [-0.3, -0.25) is 9.59 Å². The second-order valence-electron chi connectivity index (χ2n) is 6.14. The fourth-order valence-corrected chi connectivity index (χ4v) is 2.97. The fourth-order valence-electron chi connectivity index (χ4n) is 2.97. The fraction of sp³-hybridized carbons (Fsp3) is 0.316. The van der Waals surface area contributed by atoms with Crippen molar-refractivity contribution in [1.29, 1.82) is 0 Å². The van der Waals surface area contributed by atoms with Crippen LogP contribution < -0.4 is 10.7 Å². The summed E-state index contributed by atoms with van der Waals surface area (Å²) in [7, 11) is 0. The molecule has 25 heavy (non-hydrogen) atoms. The Balaban J connectivity index is 1.57. The van der Waals surface area contributed by atoms with Crippen molar-refractivity contribution in [2.24, 2.45) is 5.10 Å². The third-order valence-corrected chi connectivity index (χ3v) is 4.18. The molecule has 0 saturated heterocycles. The molecule has 6 nitrogen and oxygen atoms in total. The van der Waals surface area contributed by atoms with Crippen molar-refractivity contribution in [3.63, 3.8) is 0 Å². The monoisotopic (exact) mass is 339 g/mol. The molecule has 1 heterocycles. The molecular formula is C19H21N3O3. The summed E-state index contributed by atoms with van der Waals surface area (Å²) in [4.78, 5) is 24.0. The van der Waals surface area contributed by atoms with Crippen molar-refractivity contribution in [2.75, 3.05) is 5.32 Å². The highest BCUT2D eigenvalue weighted by atomic mass is 16.3. The molecule has 0 radical (unpaired) electrons. The average Bonchev–Trinajstić information content (AvgIpc) is 3.15. The third-order valence-electron chi connectivity index (χ3n) is 4.18. The molecule has 2 N–H and O–H groups in total. The molecule has 0 fully saturated rings. The first kappa shape index (κ1) is 17.0. The first-order valence-corrected chi connectivity index (χ1v) is 8.41. The minimum Gasteiger partial charge on any atom is -0.459 e. The molecule has 3 rings (SSSR count). The summed E-state index contributed by atoms with van der Waals surface area (Å²) >= 11 is 0. The molecule has 130 valence electrons. The van der Waals surface area contributed by atoms with Crippen LogP contribution in [0.25, 0.3) is 0 Å². The van der Waals surface area contributed by atoms with E-state index in [0.29, 0.717) is 5.71 Å². The molecule has 1 aliphatic rings. The van der Waals surface area contributed by atoms with E-state index in [-0.39, 0.29) is 18.1 Å². The maximum atomic E-state index is 12.3. The lowest BCUT2D eigenvalue weighted by atomic mass is 9.90.